The minimum Gasteiger partial charge on any atom is -0.381 e. The molecule has 0 saturated carbocycles. The van der Waals surface area contributed by atoms with Crippen LogP contribution in [0.5, 0.6) is 0 Å². The molecule has 0 spiro atoms. The van der Waals surface area contributed by atoms with E-state index in [-0.39, 0.29) is 17.3 Å². The van der Waals surface area contributed by atoms with Crippen LogP contribution in [0.15, 0.2) is 30.9 Å². The number of anilines is 3. The highest BCUT2D eigenvalue weighted by Gasteiger charge is 2.24. The Morgan fingerprint density at radius 3 is 2.79 bits per heavy atom. The maximum Gasteiger partial charge on any atom is 0.263 e. The molecule has 1 aliphatic rings. The first-order chi connectivity index (χ1) is 13.9. The number of nitrogens with zero attached hydrogens (tertiary/aromatic N) is 6. The Hall–Kier alpha value is -2.91. The smallest absolute Gasteiger partial charge is 0.263 e. The van der Waals surface area contributed by atoms with Crippen LogP contribution >= 0.6 is 11.6 Å². The van der Waals surface area contributed by atoms with Crippen molar-refractivity contribution in [3.63, 3.8) is 0 Å². The fourth-order valence-corrected chi connectivity index (χ4v) is 3.86. The zero-order chi connectivity index (χ0) is 20.5. The van der Waals surface area contributed by atoms with Crippen LogP contribution in [-0.2, 0) is 0 Å². The molecule has 0 aliphatic carbocycles. The van der Waals surface area contributed by atoms with Gasteiger partial charge in [-0.15, -0.1) is 5.10 Å². The number of nitrogens with one attached hydrogen (secondary N) is 1. The van der Waals surface area contributed by atoms with Crippen LogP contribution in [0.1, 0.15) is 23.2 Å². The Balaban J connectivity index is 1.58. The van der Waals surface area contributed by atoms with E-state index in [1.165, 1.54) is 10.7 Å². The molecule has 3 N–H and O–H groups in total. The highest BCUT2D eigenvalue weighted by molar-refractivity contribution is 6.30. The molecular formula is C19H23ClN8O. The van der Waals surface area contributed by atoms with Crippen molar-refractivity contribution in [1.29, 1.82) is 0 Å². The van der Waals surface area contributed by atoms with E-state index >= 15 is 0 Å². The average Bonchev–Trinajstić information content (AvgIpc) is 3.03. The molecule has 1 aliphatic heterocycles. The Labute approximate surface area is 173 Å². The average molecular weight is 415 g/mol. The first-order valence-electron chi connectivity index (χ1n) is 9.40. The predicted molar refractivity (Wildman–Crippen MR) is 114 cm³/mol. The van der Waals surface area contributed by atoms with Gasteiger partial charge in [0.25, 0.3) is 5.91 Å². The Morgan fingerprint density at radius 1 is 1.31 bits per heavy atom. The quantitative estimate of drug-likeness (QED) is 0.673. The second kappa shape index (κ2) is 7.84. The van der Waals surface area contributed by atoms with E-state index in [0.717, 1.165) is 31.6 Å². The van der Waals surface area contributed by atoms with Gasteiger partial charge in [-0.3, -0.25) is 9.78 Å². The molecule has 0 unspecified atom stereocenters. The summed E-state index contributed by atoms with van der Waals surface area (Å²) in [5, 5.41) is 7.47. The summed E-state index contributed by atoms with van der Waals surface area (Å²) in [6.07, 6.45) is 8.52. The zero-order valence-electron chi connectivity index (χ0n) is 16.3. The van der Waals surface area contributed by atoms with E-state index in [0.29, 0.717) is 22.4 Å². The van der Waals surface area contributed by atoms with Gasteiger partial charge in [-0.1, -0.05) is 11.6 Å². The third kappa shape index (κ3) is 3.83. The van der Waals surface area contributed by atoms with E-state index in [2.05, 4.69) is 44.3 Å². The third-order valence-corrected chi connectivity index (χ3v) is 5.47. The van der Waals surface area contributed by atoms with Crippen molar-refractivity contribution in [2.45, 2.75) is 18.9 Å². The van der Waals surface area contributed by atoms with Crippen LogP contribution in [0, 0.1) is 0 Å². The minimum atomic E-state index is -0.384. The first-order valence-corrected chi connectivity index (χ1v) is 9.78. The molecule has 152 valence electrons. The molecule has 1 fully saturated rings. The molecule has 0 radical (unpaired) electrons. The van der Waals surface area contributed by atoms with Gasteiger partial charge >= 0.3 is 0 Å². The van der Waals surface area contributed by atoms with Crippen molar-refractivity contribution in [1.82, 2.24) is 24.5 Å². The molecule has 4 rings (SSSR count). The first kappa shape index (κ1) is 19.4. The summed E-state index contributed by atoms with van der Waals surface area (Å²) >= 11 is 5.94. The number of hydrogen-bond acceptors (Lipinski definition) is 7. The van der Waals surface area contributed by atoms with E-state index in [9.17, 15) is 4.79 Å². The summed E-state index contributed by atoms with van der Waals surface area (Å²) < 4.78 is 1.41. The molecule has 3 aromatic heterocycles. The Kier molecular flexibility index (Phi) is 5.25. The lowest BCUT2D eigenvalue weighted by Gasteiger charge is -2.37. The number of carbonyl (C=O) groups is 1. The summed E-state index contributed by atoms with van der Waals surface area (Å²) in [6.45, 7) is 1.82. The maximum absolute atomic E-state index is 13.0. The van der Waals surface area contributed by atoms with Crippen LogP contribution in [0.25, 0.3) is 5.65 Å². The van der Waals surface area contributed by atoms with Gasteiger partial charge in [0.1, 0.15) is 5.56 Å². The number of rotatable bonds is 4. The van der Waals surface area contributed by atoms with Crippen molar-refractivity contribution in [2.75, 3.05) is 43.1 Å². The molecule has 4 heterocycles. The van der Waals surface area contributed by atoms with E-state index < -0.39 is 0 Å². The number of aromatic nitrogens is 4. The van der Waals surface area contributed by atoms with E-state index in [4.69, 9.17) is 17.3 Å². The lowest BCUT2D eigenvalue weighted by molar-refractivity contribution is 0.102. The number of piperidine rings is 1. The molecule has 0 atom stereocenters. The minimum absolute atomic E-state index is 0.0921. The van der Waals surface area contributed by atoms with Crippen molar-refractivity contribution in [2.24, 2.45) is 0 Å². The number of nitrogen functional groups attached to an aromatic ring is 1. The Morgan fingerprint density at radius 2 is 2.07 bits per heavy atom. The largest absolute Gasteiger partial charge is 0.381 e. The lowest BCUT2D eigenvalue weighted by atomic mass is 10.0. The predicted octanol–water partition coefficient (Wildman–Crippen LogP) is 2.14. The third-order valence-electron chi connectivity index (χ3n) is 5.28. The number of fused-ring (bicyclic) bond motifs is 1. The molecule has 0 bridgehead atoms. The molecule has 9 nitrogen and oxygen atoms in total. The fraction of sp³-hybridized carbons (Fsp3) is 0.368. The topological polar surface area (TPSA) is 105 Å². The summed E-state index contributed by atoms with van der Waals surface area (Å²) in [4.78, 5) is 25.9. The van der Waals surface area contributed by atoms with Crippen molar-refractivity contribution >= 4 is 40.3 Å². The molecule has 1 saturated heterocycles. The molecule has 3 aromatic rings. The molecule has 0 aromatic carbocycles. The van der Waals surface area contributed by atoms with E-state index in [1.54, 1.807) is 18.6 Å². The zero-order valence-corrected chi connectivity index (χ0v) is 17.1. The molecular weight excluding hydrogens is 392 g/mol. The van der Waals surface area contributed by atoms with Crippen molar-refractivity contribution in [3.8, 4) is 0 Å². The second-order valence-corrected chi connectivity index (χ2v) is 7.77. The van der Waals surface area contributed by atoms with Crippen molar-refractivity contribution < 1.29 is 4.79 Å². The van der Waals surface area contributed by atoms with Gasteiger partial charge in [0.2, 0.25) is 0 Å². The number of amides is 1. The van der Waals surface area contributed by atoms with Gasteiger partial charge in [-0.25, -0.2) is 9.50 Å². The monoisotopic (exact) mass is 414 g/mol. The fourth-order valence-electron chi connectivity index (χ4n) is 3.71. The number of hydrogen-bond donors (Lipinski definition) is 2. The number of carbonyl (C=O) groups excluding carboxylic acids is 1. The van der Waals surface area contributed by atoms with Crippen molar-refractivity contribution in [3.05, 3.63) is 41.4 Å². The number of nitrogens with two attached hydrogens (primary N) is 1. The van der Waals surface area contributed by atoms with Gasteiger partial charge in [0, 0.05) is 31.5 Å². The lowest BCUT2D eigenvalue weighted by Crippen LogP contribution is -2.42. The van der Waals surface area contributed by atoms with Gasteiger partial charge in [0.15, 0.2) is 11.5 Å². The second-order valence-electron chi connectivity index (χ2n) is 7.33. The number of halogens is 1. The van der Waals surface area contributed by atoms with Crippen LogP contribution in [0.2, 0.25) is 5.02 Å². The van der Waals surface area contributed by atoms with Crippen LogP contribution in [0.4, 0.5) is 17.2 Å². The van der Waals surface area contributed by atoms with E-state index in [1.807, 2.05) is 6.07 Å². The summed E-state index contributed by atoms with van der Waals surface area (Å²) in [5.41, 5.74) is 8.11. The SMILES string of the molecule is CN(C)C1CCN(c2ccncc2NC(=O)c2c(N)nn3cc(Cl)cnc23)CC1. The molecule has 1 amide bonds. The standard InChI is InChI=1S/C19H23ClN8O/c1-26(2)13-4-7-27(8-5-13)15-3-6-22-10-14(15)24-19(29)16-17(21)25-28-11-12(20)9-23-18(16)28/h3,6,9-11,13H,4-5,7-8H2,1-2H3,(H2,21,25)(H,24,29). The van der Waals surface area contributed by atoms with Gasteiger partial charge in [0.05, 0.1) is 28.8 Å². The highest BCUT2D eigenvalue weighted by Crippen LogP contribution is 2.29. The van der Waals surface area contributed by atoms with Gasteiger partial charge in [-0.2, -0.15) is 0 Å². The molecule has 10 heteroatoms. The maximum atomic E-state index is 13.0. The van der Waals surface area contributed by atoms with Gasteiger partial charge in [-0.05, 0) is 33.0 Å². The number of pyridine rings is 1. The normalized spacial score (nSPS) is 15.2. The van der Waals surface area contributed by atoms with Crippen LogP contribution in [0.3, 0.4) is 0 Å². The Bertz CT molecular complexity index is 1040. The highest BCUT2D eigenvalue weighted by atomic mass is 35.5. The molecule has 29 heavy (non-hydrogen) atoms. The summed E-state index contributed by atoms with van der Waals surface area (Å²) in [7, 11) is 4.22. The van der Waals surface area contributed by atoms with Crippen LogP contribution in [-0.4, -0.2) is 63.6 Å². The van der Waals surface area contributed by atoms with Crippen LogP contribution < -0.4 is 16.0 Å². The summed E-state index contributed by atoms with van der Waals surface area (Å²) in [6, 6.07) is 2.49. The summed E-state index contributed by atoms with van der Waals surface area (Å²) in [5.74, 6) is -0.292. The van der Waals surface area contributed by atoms with Gasteiger partial charge < -0.3 is 20.9 Å².